The summed E-state index contributed by atoms with van der Waals surface area (Å²) in [7, 11) is 0. The van der Waals surface area contributed by atoms with Gasteiger partial charge in [-0.2, -0.15) is 0 Å². The van der Waals surface area contributed by atoms with Gasteiger partial charge in [-0.15, -0.1) is 0 Å². The average molecular weight is 254 g/mol. The largest absolute Gasteiger partial charge is 0.396 e. The second kappa shape index (κ2) is 6.88. The van der Waals surface area contributed by atoms with Crippen LogP contribution in [0.1, 0.15) is 52.4 Å². The Balaban J connectivity index is 1.79. The molecule has 2 N–H and O–H groups in total. The van der Waals surface area contributed by atoms with Gasteiger partial charge >= 0.3 is 0 Å². The minimum Gasteiger partial charge on any atom is -0.396 e. The molecule has 1 aliphatic heterocycles. The lowest BCUT2D eigenvalue weighted by molar-refractivity contribution is 0.195. The predicted molar refractivity (Wildman–Crippen MR) is 75.7 cm³/mol. The highest BCUT2D eigenvalue weighted by atomic mass is 16.3. The maximum Gasteiger partial charge on any atom is 0.0474 e. The number of rotatable bonds is 4. The fourth-order valence-corrected chi connectivity index (χ4v) is 3.58. The lowest BCUT2D eigenvalue weighted by Crippen LogP contribution is -2.42. The maximum absolute atomic E-state index is 9.39. The molecule has 3 nitrogen and oxygen atoms in total. The summed E-state index contributed by atoms with van der Waals surface area (Å²) in [6.45, 7) is 7.44. The van der Waals surface area contributed by atoms with E-state index in [1.807, 2.05) is 0 Å². The van der Waals surface area contributed by atoms with Crippen LogP contribution in [0.2, 0.25) is 0 Å². The molecule has 3 atom stereocenters. The molecule has 18 heavy (non-hydrogen) atoms. The van der Waals surface area contributed by atoms with Crippen molar-refractivity contribution in [1.29, 1.82) is 0 Å². The van der Waals surface area contributed by atoms with Gasteiger partial charge in [-0.1, -0.05) is 6.42 Å². The van der Waals surface area contributed by atoms with Crippen molar-refractivity contribution in [2.75, 3.05) is 19.7 Å². The molecule has 0 bridgehead atoms. The highest BCUT2D eigenvalue weighted by Crippen LogP contribution is 2.26. The summed E-state index contributed by atoms with van der Waals surface area (Å²) in [5.74, 6) is 0.509. The van der Waals surface area contributed by atoms with E-state index in [2.05, 4.69) is 24.1 Å². The maximum atomic E-state index is 9.39. The van der Waals surface area contributed by atoms with Crippen molar-refractivity contribution in [3.63, 3.8) is 0 Å². The third-order valence-electron chi connectivity index (χ3n) is 4.84. The lowest BCUT2D eigenvalue weighted by atomic mass is 10.0. The smallest absolute Gasteiger partial charge is 0.0474 e. The number of nitrogens with zero attached hydrogens (tertiary/aromatic N) is 1. The van der Waals surface area contributed by atoms with E-state index < -0.39 is 0 Å². The van der Waals surface area contributed by atoms with Crippen LogP contribution < -0.4 is 5.32 Å². The topological polar surface area (TPSA) is 35.5 Å². The zero-order chi connectivity index (χ0) is 13.0. The quantitative estimate of drug-likeness (QED) is 0.805. The molecule has 0 aromatic carbocycles. The van der Waals surface area contributed by atoms with E-state index in [4.69, 9.17) is 0 Å². The molecule has 3 unspecified atom stereocenters. The van der Waals surface area contributed by atoms with Gasteiger partial charge in [0.2, 0.25) is 0 Å². The van der Waals surface area contributed by atoms with Crippen molar-refractivity contribution in [2.24, 2.45) is 5.92 Å². The van der Waals surface area contributed by atoms with Crippen molar-refractivity contribution in [3.05, 3.63) is 0 Å². The van der Waals surface area contributed by atoms with E-state index in [0.717, 1.165) is 0 Å². The average Bonchev–Trinajstić information content (AvgIpc) is 2.65. The van der Waals surface area contributed by atoms with Gasteiger partial charge in [0, 0.05) is 24.7 Å². The molecule has 106 valence electrons. The van der Waals surface area contributed by atoms with Crippen LogP contribution in [0, 0.1) is 5.92 Å². The molecule has 0 amide bonds. The van der Waals surface area contributed by atoms with Gasteiger partial charge in [0.1, 0.15) is 0 Å². The number of aliphatic hydroxyl groups excluding tert-OH is 1. The third-order valence-corrected chi connectivity index (χ3v) is 4.84. The van der Waals surface area contributed by atoms with Crippen LogP contribution in [-0.4, -0.2) is 47.8 Å². The molecule has 1 aliphatic carbocycles. The van der Waals surface area contributed by atoms with E-state index in [0.29, 0.717) is 30.7 Å². The summed E-state index contributed by atoms with van der Waals surface area (Å²) in [4.78, 5) is 2.60. The summed E-state index contributed by atoms with van der Waals surface area (Å²) in [6.07, 6.45) is 7.64. The first-order valence-corrected chi connectivity index (χ1v) is 7.81. The Morgan fingerprint density at radius 3 is 2.67 bits per heavy atom. The molecule has 0 aromatic rings. The highest BCUT2D eigenvalue weighted by molar-refractivity contribution is 4.87. The molecule has 0 spiro atoms. The molecule has 2 rings (SSSR count). The number of nitrogens with one attached hydrogen (secondary N) is 1. The molecule has 0 radical (unpaired) electrons. The van der Waals surface area contributed by atoms with E-state index in [1.165, 1.54) is 51.6 Å². The first kappa shape index (κ1) is 14.3. The van der Waals surface area contributed by atoms with Crippen molar-refractivity contribution in [2.45, 2.75) is 70.5 Å². The zero-order valence-corrected chi connectivity index (χ0v) is 12.1. The summed E-state index contributed by atoms with van der Waals surface area (Å²) in [5, 5.41) is 13.2. The van der Waals surface area contributed by atoms with Crippen molar-refractivity contribution < 1.29 is 5.11 Å². The number of likely N-dealkylation sites (tertiary alicyclic amines) is 1. The van der Waals surface area contributed by atoms with Crippen molar-refractivity contribution in [3.8, 4) is 0 Å². The first-order valence-electron chi connectivity index (χ1n) is 7.81. The minimum absolute atomic E-state index is 0.364. The Labute approximate surface area is 112 Å². The van der Waals surface area contributed by atoms with Crippen LogP contribution in [0.25, 0.3) is 0 Å². The van der Waals surface area contributed by atoms with E-state index >= 15 is 0 Å². The Bertz CT molecular complexity index is 245. The summed E-state index contributed by atoms with van der Waals surface area (Å²) >= 11 is 0. The van der Waals surface area contributed by atoms with Gasteiger partial charge < -0.3 is 15.3 Å². The molecule has 2 aliphatic rings. The predicted octanol–water partition coefficient (Wildman–Crippen LogP) is 2.00. The second-order valence-electron chi connectivity index (χ2n) is 6.40. The van der Waals surface area contributed by atoms with Crippen LogP contribution in [0.15, 0.2) is 0 Å². The normalized spacial score (nSPS) is 35.0. The Hall–Kier alpha value is -0.120. The van der Waals surface area contributed by atoms with Crippen LogP contribution in [0.5, 0.6) is 0 Å². The molecule has 1 saturated heterocycles. The van der Waals surface area contributed by atoms with Gasteiger partial charge in [0.25, 0.3) is 0 Å². The summed E-state index contributed by atoms with van der Waals surface area (Å²) in [5.41, 5.74) is 0. The fraction of sp³-hybridized carbons (Fsp3) is 1.00. The Morgan fingerprint density at radius 2 is 1.94 bits per heavy atom. The standard InChI is InChI=1S/C15H30N2O/c1-12(2)17-9-4-6-14(8-10-17)16-15-7-3-5-13(15)11-18/h12-16,18H,3-11H2,1-2H3. The first-order chi connectivity index (χ1) is 8.70. The minimum atomic E-state index is 0.364. The van der Waals surface area contributed by atoms with Crippen LogP contribution in [0.4, 0.5) is 0 Å². The number of aliphatic hydroxyl groups is 1. The number of hydrogen-bond acceptors (Lipinski definition) is 3. The van der Waals surface area contributed by atoms with E-state index in [9.17, 15) is 5.11 Å². The lowest BCUT2D eigenvalue weighted by Gasteiger charge is -2.26. The molecule has 1 heterocycles. The van der Waals surface area contributed by atoms with Crippen molar-refractivity contribution in [1.82, 2.24) is 10.2 Å². The number of hydrogen-bond donors (Lipinski definition) is 2. The second-order valence-corrected chi connectivity index (χ2v) is 6.40. The van der Waals surface area contributed by atoms with Crippen molar-refractivity contribution >= 4 is 0 Å². The van der Waals surface area contributed by atoms with Gasteiger partial charge in [0.05, 0.1) is 0 Å². The van der Waals surface area contributed by atoms with Crippen LogP contribution in [-0.2, 0) is 0 Å². The van der Waals surface area contributed by atoms with Gasteiger partial charge in [-0.25, -0.2) is 0 Å². The van der Waals surface area contributed by atoms with Gasteiger partial charge in [-0.05, 0) is 65.0 Å². The molecular weight excluding hydrogens is 224 g/mol. The third kappa shape index (κ3) is 3.69. The SMILES string of the molecule is CC(C)N1CCCC(NC2CCCC2CO)CC1. The van der Waals surface area contributed by atoms with Gasteiger partial charge in [0.15, 0.2) is 0 Å². The highest BCUT2D eigenvalue weighted by Gasteiger charge is 2.29. The molecule has 1 saturated carbocycles. The monoisotopic (exact) mass is 254 g/mol. The Kier molecular flexibility index (Phi) is 5.46. The molecule has 0 aromatic heterocycles. The summed E-state index contributed by atoms with van der Waals surface area (Å²) < 4.78 is 0. The molecule has 2 fully saturated rings. The van der Waals surface area contributed by atoms with E-state index in [1.54, 1.807) is 0 Å². The Morgan fingerprint density at radius 1 is 1.11 bits per heavy atom. The zero-order valence-electron chi connectivity index (χ0n) is 12.1. The van der Waals surface area contributed by atoms with Crippen LogP contribution in [0.3, 0.4) is 0 Å². The molecule has 3 heteroatoms. The summed E-state index contributed by atoms with van der Waals surface area (Å²) in [6, 6.07) is 1.93. The van der Waals surface area contributed by atoms with E-state index in [-0.39, 0.29) is 0 Å². The fourth-order valence-electron chi connectivity index (χ4n) is 3.58. The van der Waals surface area contributed by atoms with Crippen LogP contribution >= 0.6 is 0 Å². The molecular formula is C15H30N2O. The van der Waals surface area contributed by atoms with Gasteiger partial charge in [-0.3, -0.25) is 0 Å².